The van der Waals surface area contributed by atoms with Crippen LogP contribution in [0.25, 0.3) is 0 Å². The van der Waals surface area contributed by atoms with Gasteiger partial charge < -0.3 is 15.8 Å². The second-order valence-corrected chi connectivity index (χ2v) is 5.68. The third-order valence-electron chi connectivity index (χ3n) is 3.62. The molecule has 0 aliphatic heterocycles. The minimum atomic E-state index is -0.416. The number of rotatable bonds is 7. The van der Waals surface area contributed by atoms with Gasteiger partial charge in [0, 0.05) is 17.9 Å². The van der Waals surface area contributed by atoms with E-state index in [0.717, 1.165) is 11.3 Å². The largest absolute Gasteiger partial charge is 0.497 e. The summed E-state index contributed by atoms with van der Waals surface area (Å²) in [6.45, 7) is 2.07. The van der Waals surface area contributed by atoms with E-state index in [1.165, 1.54) is 0 Å². The molecule has 0 bridgehead atoms. The van der Waals surface area contributed by atoms with E-state index in [9.17, 15) is 9.59 Å². The van der Waals surface area contributed by atoms with E-state index in [-0.39, 0.29) is 12.3 Å². The SMILES string of the molecule is COc1ccc(CNC(=O)C/C(C)=N\NC(=O)c2ccccc2N)cc1. The number of methoxy groups -OCH3 is 1. The smallest absolute Gasteiger partial charge is 0.273 e. The molecule has 4 N–H and O–H groups in total. The van der Waals surface area contributed by atoms with Crippen LogP contribution in [0.1, 0.15) is 29.3 Å². The average molecular weight is 354 g/mol. The number of hydrogen-bond acceptors (Lipinski definition) is 5. The quantitative estimate of drug-likeness (QED) is 0.402. The third-order valence-corrected chi connectivity index (χ3v) is 3.62. The van der Waals surface area contributed by atoms with Crippen LogP contribution in [0, 0.1) is 0 Å². The molecule has 0 fully saturated rings. The maximum atomic E-state index is 12.0. The molecule has 0 unspecified atom stereocenters. The van der Waals surface area contributed by atoms with Crippen molar-refractivity contribution in [3.05, 3.63) is 59.7 Å². The van der Waals surface area contributed by atoms with Crippen molar-refractivity contribution in [3.8, 4) is 5.75 Å². The number of para-hydroxylation sites is 1. The Morgan fingerprint density at radius 1 is 1.12 bits per heavy atom. The van der Waals surface area contributed by atoms with Crippen LogP contribution in [0.3, 0.4) is 0 Å². The predicted molar refractivity (Wildman–Crippen MR) is 101 cm³/mol. The van der Waals surface area contributed by atoms with Gasteiger partial charge in [0.05, 0.1) is 19.1 Å². The van der Waals surface area contributed by atoms with E-state index in [2.05, 4.69) is 15.8 Å². The summed E-state index contributed by atoms with van der Waals surface area (Å²) in [5, 5.41) is 6.75. The first-order chi connectivity index (χ1) is 12.5. The molecule has 2 aromatic carbocycles. The van der Waals surface area contributed by atoms with Crippen LogP contribution in [0.4, 0.5) is 5.69 Å². The molecule has 7 nitrogen and oxygen atoms in total. The zero-order chi connectivity index (χ0) is 18.9. The lowest BCUT2D eigenvalue weighted by Gasteiger charge is -2.07. The number of hydrazone groups is 1. The van der Waals surface area contributed by atoms with Crippen LogP contribution in [0.15, 0.2) is 53.6 Å². The average Bonchev–Trinajstić information content (AvgIpc) is 2.65. The van der Waals surface area contributed by atoms with Gasteiger partial charge in [0.1, 0.15) is 5.75 Å². The van der Waals surface area contributed by atoms with Crippen LogP contribution in [-0.2, 0) is 11.3 Å². The van der Waals surface area contributed by atoms with E-state index in [1.54, 1.807) is 38.3 Å². The molecule has 7 heteroatoms. The van der Waals surface area contributed by atoms with Crippen LogP contribution < -0.4 is 21.2 Å². The minimum Gasteiger partial charge on any atom is -0.497 e. The molecule has 26 heavy (non-hydrogen) atoms. The number of nitrogen functional groups attached to an aromatic ring is 1. The summed E-state index contributed by atoms with van der Waals surface area (Å²) in [7, 11) is 1.60. The number of benzene rings is 2. The van der Waals surface area contributed by atoms with Crippen molar-refractivity contribution in [3.63, 3.8) is 0 Å². The highest BCUT2D eigenvalue weighted by atomic mass is 16.5. The Bertz CT molecular complexity index is 801. The lowest BCUT2D eigenvalue weighted by atomic mass is 10.2. The minimum absolute atomic E-state index is 0.0840. The molecule has 0 saturated carbocycles. The van der Waals surface area contributed by atoms with Crippen LogP contribution in [0.5, 0.6) is 5.75 Å². The second kappa shape index (κ2) is 9.22. The Balaban J connectivity index is 1.81. The lowest BCUT2D eigenvalue weighted by molar-refractivity contribution is -0.120. The fourth-order valence-corrected chi connectivity index (χ4v) is 2.19. The number of nitrogens with two attached hydrogens (primary N) is 1. The number of nitrogens with one attached hydrogen (secondary N) is 2. The summed E-state index contributed by atoms with van der Waals surface area (Å²) in [6, 6.07) is 14.1. The number of amides is 2. The van der Waals surface area contributed by atoms with Gasteiger partial charge in [-0.15, -0.1) is 0 Å². The summed E-state index contributed by atoms with van der Waals surface area (Å²) in [5.41, 5.74) is 10.3. The Morgan fingerprint density at radius 3 is 2.46 bits per heavy atom. The summed E-state index contributed by atoms with van der Waals surface area (Å²) in [5.74, 6) is 0.162. The number of anilines is 1. The third kappa shape index (κ3) is 5.62. The van der Waals surface area contributed by atoms with E-state index in [1.807, 2.05) is 24.3 Å². The summed E-state index contributed by atoms with van der Waals surface area (Å²) < 4.78 is 5.09. The van der Waals surface area contributed by atoms with E-state index >= 15 is 0 Å². The Labute approximate surface area is 152 Å². The van der Waals surface area contributed by atoms with Gasteiger partial charge in [0.2, 0.25) is 5.91 Å². The molecular formula is C19H22N4O3. The van der Waals surface area contributed by atoms with Gasteiger partial charge in [-0.25, -0.2) is 5.43 Å². The molecule has 0 aromatic heterocycles. The van der Waals surface area contributed by atoms with Crippen molar-refractivity contribution >= 4 is 23.2 Å². The van der Waals surface area contributed by atoms with Crippen molar-refractivity contribution in [2.75, 3.05) is 12.8 Å². The van der Waals surface area contributed by atoms with Gasteiger partial charge >= 0.3 is 0 Å². The van der Waals surface area contributed by atoms with Crippen molar-refractivity contribution in [1.29, 1.82) is 0 Å². The van der Waals surface area contributed by atoms with Crippen LogP contribution in [0.2, 0.25) is 0 Å². The molecule has 2 aromatic rings. The number of ether oxygens (including phenoxy) is 1. The van der Waals surface area contributed by atoms with Crippen molar-refractivity contribution < 1.29 is 14.3 Å². The predicted octanol–water partition coefficient (Wildman–Crippen LogP) is 2.09. The number of hydrogen-bond donors (Lipinski definition) is 3. The Kier molecular flexibility index (Phi) is 6.73. The Hall–Kier alpha value is -3.35. The number of nitrogens with zero attached hydrogens (tertiary/aromatic N) is 1. The highest BCUT2D eigenvalue weighted by Crippen LogP contribution is 2.11. The van der Waals surface area contributed by atoms with Crippen LogP contribution in [-0.4, -0.2) is 24.6 Å². The van der Waals surface area contributed by atoms with Crippen molar-refractivity contribution in [2.45, 2.75) is 19.9 Å². The molecule has 0 atom stereocenters. The maximum Gasteiger partial charge on any atom is 0.273 e. The van der Waals surface area contributed by atoms with Crippen molar-refractivity contribution in [2.24, 2.45) is 5.10 Å². The van der Waals surface area contributed by atoms with Gasteiger partial charge in [-0.1, -0.05) is 24.3 Å². The van der Waals surface area contributed by atoms with E-state index in [0.29, 0.717) is 23.5 Å². The monoisotopic (exact) mass is 354 g/mol. The normalized spacial score (nSPS) is 10.9. The first-order valence-corrected chi connectivity index (χ1v) is 8.07. The zero-order valence-corrected chi connectivity index (χ0v) is 14.8. The fourth-order valence-electron chi connectivity index (χ4n) is 2.19. The molecule has 0 saturated heterocycles. The van der Waals surface area contributed by atoms with Crippen LogP contribution >= 0.6 is 0 Å². The first kappa shape index (κ1) is 19.0. The Morgan fingerprint density at radius 2 is 1.81 bits per heavy atom. The summed E-state index contributed by atoms with van der Waals surface area (Å²) in [6.07, 6.45) is 0.0840. The second-order valence-electron chi connectivity index (χ2n) is 5.68. The van der Waals surface area contributed by atoms with E-state index in [4.69, 9.17) is 10.5 Å². The highest BCUT2D eigenvalue weighted by molar-refractivity contribution is 6.02. The molecule has 0 heterocycles. The maximum absolute atomic E-state index is 12.0. The molecule has 2 rings (SSSR count). The van der Waals surface area contributed by atoms with Gasteiger partial charge in [-0.05, 0) is 36.8 Å². The van der Waals surface area contributed by atoms with Gasteiger partial charge in [0.25, 0.3) is 5.91 Å². The molecule has 0 spiro atoms. The molecule has 2 amide bonds. The highest BCUT2D eigenvalue weighted by Gasteiger charge is 2.09. The fraction of sp³-hybridized carbons (Fsp3) is 0.211. The van der Waals surface area contributed by atoms with Gasteiger partial charge in [-0.3, -0.25) is 9.59 Å². The van der Waals surface area contributed by atoms with Gasteiger partial charge in [0.15, 0.2) is 0 Å². The first-order valence-electron chi connectivity index (χ1n) is 8.07. The molecule has 136 valence electrons. The molecule has 0 aliphatic rings. The van der Waals surface area contributed by atoms with Crippen molar-refractivity contribution in [1.82, 2.24) is 10.7 Å². The standard InChI is InChI=1S/C19H22N4O3/c1-13(22-23-19(25)16-5-3-4-6-17(16)20)11-18(24)21-12-14-7-9-15(26-2)10-8-14/h3-10H,11-12,20H2,1-2H3,(H,21,24)(H,23,25)/b22-13-. The topological polar surface area (TPSA) is 106 Å². The molecule has 0 aliphatic carbocycles. The van der Waals surface area contributed by atoms with Gasteiger partial charge in [-0.2, -0.15) is 5.10 Å². The number of carbonyl (C=O) groups is 2. The number of carbonyl (C=O) groups excluding carboxylic acids is 2. The zero-order valence-electron chi connectivity index (χ0n) is 14.8. The van der Waals surface area contributed by atoms with E-state index < -0.39 is 5.91 Å². The lowest BCUT2D eigenvalue weighted by Crippen LogP contribution is -2.26. The summed E-state index contributed by atoms with van der Waals surface area (Å²) in [4.78, 5) is 24.0. The molecule has 0 radical (unpaired) electrons. The summed E-state index contributed by atoms with van der Waals surface area (Å²) >= 11 is 0. The molecular weight excluding hydrogens is 332 g/mol.